The molecule has 0 aromatic heterocycles. The first-order chi connectivity index (χ1) is 3.00. The molecule has 0 unspecified atom stereocenters. The van der Waals surface area contributed by atoms with Gasteiger partial charge < -0.3 is 0 Å². The second kappa shape index (κ2) is 8.80. The van der Waals surface area contributed by atoms with Crippen LogP contribution in [0.3, 0.4) is 0 Å². The maximum absolute atomic E-state index is 2.09. The summed E-state index contributed by atoms with van der Waals surface area (Å²) in [7, 11) is 0. The van der Waals surface area contributed by atoms with Crippen molar-refractivity contribution in [3.63, 3.8) is 0 Å². The Morgan fingerprint density at radius 1 is 0.875 bits per heavy atom. The van der Waals surface area contributed by atoms with Gasteiger partial charge in [0.15, 0.2) is 0 Å². The van der Waals surface area contributed by atoms with E-state index in [-0.39, 0.29) is 44.1 Å². The zero-order valence-corrected chi connectivity index (χ0v) is 8.61. The molecule has 1 radical (unpaired) electrons. The van der Waals surface area contributed by atoms with Gasteiger partial charge in [0.2, 0.25) is 0 Å². The van der Waals surface area contributed by atoms with Crippen LogP contribution in [0, 0.1) is 0 Å². The van der Waals surface area contributed by atoms with Crippen LogP contribution in [0.2, 0.25) is 0 Å². The van der Waals surface area contributed by atoms with Crippen molar-refractivity contribution < 1.29 is 44.1 Å². The predicted molar refractivity (Wildman–Crippen MR) is 31.2 cm³/mol. The van der Waals surface area contributed by atoms with Gasteiger partial charge in [-0.15, -0.1) is 0 Å². The Bertz CT molecular complexity index is 27.9. The molecule has 0 spiro atoms. The van der Waals surface area contributed by atoms with Crippen LogP contribution in [0.25, 0.3) is 0 Å². The average molecular weight is 258 g/mol. The van der Waals surface area contributed by atoms with Crippen molar-refractivity contribution in [1.29, 1.82) is 0 Å². The topological polar surface area (TPSA) is 0 Å². The van der Waals surface area contributed by atoms with Crippen LogP contribution in [0.5, 0.6) is 0 Å². The smallest absolute Gasteiger partial charge is 0 e. The molecule has 51 valence electrons. The van der Waals surface area contributed by atoms with Gasteiger partial charge in [-0.1, -0.05) is 6.42 Å². The van der Waals surface area contributed by atoms with Crippen LogP contribution in [0.4, 0.5) is 0 Å². The summed E-state index contributed by atoms with van der Waals surface area (Å²) in [6.07, 6.45) is 4.41. The SMILES string of the molecule is C1CCSCC1.[Ag].[Ti]. The molecule has 1 aliphatic rings. The third kappa shape index (κ3) is 5.93. The molecule has 0 nitrogen and oxygen atoms in total. The molecule has 0 amide bonds. The minimum atomic E-state index is 0. The molecule has 3 heteroatoms. The van der Waals surface area contributed by atoms with E-state index in [1.165, 1.54) is 30.8 Å². The molecule has 1 saturated heterocycles. The molecule has 8 heavy (non-hydrogen) atoms. The maximum atomic E-state index is 2.09. The van der Waals surface area contributed by atoms with E-state index in [1.54, 1.807) is 0 Å². The molecule has 1 aliphatic heterocycles. The molecule has 0 atom stereocenters. The fraction of sp³-hybridized carbons (Fsp3) is 1.00. The largest absolute Gasteiger partial charge is 0.162 e. The van der Waals surface area contributed by atoms with Gasteiger partial charge in [0.25, 0.3) is 0 Å². The zero-order chi connectivity index (χ0) is 4.24. The number of thioether (sulfide) groups is 1. The molecule has 0 aromatic rings. The van der Waals surface area contributed by atoms with Crippen LogP contribution in [0.15, 0.2) is 0 Å². The van der Waals surface area contributed by atoms with Crippen LogP contribution in [0.1, 0.15) is 19.3 Å². The summed E-state index contributed by atoms with van der Waals surface area (Å²) >= 11 is 2.09. The summed E-state index contributed by atoms with van der Waals surface area (Å²) in [4.78, 5) is 0. The van der Waals surface area contributed by atoms with Crippen molar-refractivity contribution >= 4 is 11.8 Å². The second-order valence-corrected chi connectivity index (χ2v) is 2.90. The summed E-state index contributed by atoms with van der Waals surface area (Å²) in [5, 5.41) is 0. The first kappa shape index (κ1) is 12.5. The zero-order valence-electron chi connectivity index (χ0n) is 4.75. The number of rotatable bonds is 0. The van der Waals surface area contributed by atoms with Crippen molar-refractivity contribution in [2.24, 2.45) is 0 Å². The Labute approximate surface area is 86.0 Å². The van der Waals surface area contributed by atoms with Gasteiger partial charge in [-0.2, -0.15) is 11.8 Å². The van der Waals surface area contributed by atoms with Crippen LogP contribution in [-0.4, -0.2) is 11.5 Å². The first-order valence-electron chi connectivity index (χ1n) is 2.58. The van der Waals surface area contributed by atoms with Gasteiger partial charge in [-0.3, -0.25) is 0 Å². The Hall–Kier alpha value is 1.80. The summed E-state index contributed by atoms with van der Waals surface area (Å²) < 4.78 is 0. The Morgan fingerprint density at radius 3 is 1.50 bits per heavy atom. The summed E-state index contributed by atoms with van der Waals surface area (Å²) in [5.41, 5.74) is 0. The van der Waals surface area contributed by atoms with E-state index in [4.69, 9.17) is 0 Å². The molecular weight excluding hydrogens is 248 g/mol. The summed E-state index contributed by atoms with van der Waals surface area (Å²) in [5.74, 6) is 2.83. The molecule has 0 bridgehead atoms. The second-order valence-electron chi connectivity index (χ2n) is 1.67. The normalized spacial score (nSPS) is 18.0. The molecule has 1 heterocycles. The van der Waals surface area contributed by atoms with E-state index in [0.717, 1.165) is 0 Å². The maximum Gasteiger partial charge on any atom is 0 e. The molecule has 0 saturated carbocycles. The monoisotopic (exact) mass is 257 g/mol. The van der Waals surface area contributed by atoms with Gasteiger partial charge in [-0.05, 0) is 24.3 Å². The van der Waals surface area contributed by atoms with Gasteiger partial charge in [0.1, 0.15) is 0 Å². The Kier molecular flexibility index (Phi) is 13.7. The summed E-state index contributed by atoms with van der Waals surface area (Å²) in [6, 6.07) is 0. The van der Waals surface area contributed by atoms with Gasteiger partial charge in [0, 0.05) is 44.1 Å². The molecule has 0 aliphatic carbocycles. The van der Waals surface area contributed by atoms with Crippen molar-refractivity contribution in [2.75, 3.05) is 11.5 Å². The molecule has 1 rings (SSSR count). The predicted octanol–water partition coefficient (Wildman–Crippen LogP) is 1.90. The van der Waals surface area contributed by atoms with Crippen molar-refractivity contribution in [3.05, 3.63) is 0 Å². The third-order valence-corrected chi connectivity index (χ3v) is 2.23. The molecule has 0 N–H and O–H groups in total. The van der Waals surface area contributed by atoms with E-state index in [1.807, 2.05) is 0 Å². The first-order valence-corrected chi connectivity index (χ1v) is 3.73. The van der Waals surface area contributed by atoms with Crippen LogP contribution in [-0.2, 0) is 44.1 Å². The van der Waals surface area contributed by atoms with E-state index < -0.39 is 0 Å². The Balaban J connectivity index is 0. The van der Waals surface area contributed by atoms with Crippen LogP contribution < -0.4 is 0 Å². The molecule has 0 aromatic carbocycles. The van der Waals surface area contributed by atoms with E-state index >= 15 is 0 Å². The quantitative estimate of drug-likeness (QED) is 0.598. The average Bonchev–Trinajstić information content (AvgIpc) is 1.72. The van der Waals surface area contributed by atoms with E-state index in [0.29, 0.717) is 0 Å². The fourth-order valence-electron chi connectivity index (χ4n) is 0.687. The third-order valence-electron chi connectivity index (χ3n) is 1.08. The van der Waals surface area contributed by atoms with Crippen molar-refractivity contribution in [2.45, 2.75) is 19.3 Å². The van der Waals surface area contributed by atoms with Gasteiger partial charge >= 0.3 is 0 Å². The van der Waals surface area contributed by atoms with Gasteiger partial charge in [0.05, 0.1) is 0 Å². The van der Waals surface area contributed by atoms with Crippen LogP contribution >= 0.6 is 11.8 Å². The number of hydrogen-bond acceptors (Lipinski definition) is 1. The molecule has 1 fully saturated rings. The van der Waals surface area contributed by atoms with Crippen molar-refractivity contribution in [1.82, 2.24) is 0 Å². The van der Waals surface area contributed by atoms with E-state index in [2.05, 4.69) is 11.8 Å². The minimum Gasteiger partial charge on any atom is -0.162 e. The fourth-order valence-corrected chi connectivity index (χ4v) is 1.71. The Morgan fingerprint density at radius 2 is 1.38 bits per heavy atom. The van der Waals surface area contributed by atoms with Gasteiger partial charge in [-0.25, -0.2) is 0 Å². The standard InChI is InChI=1S/C5H10S.Ag.Ti/c1-2-4-6-5-3-1;;/h1-5H2;;. The molecular formula is C5H10AgSTi. The minimum absolute atomic E-state index is 0. The van der Waals surface area contributed by atoms with E-state index in [9.17, 15) is 0 Å². The van der Waals surface area contributed by atoms with Crippen molar-refractivity contribution in [3.8, 4) is 0 Å². The number of hydrogen-bond donors (Lipinski definition) is 0. The summed E-state index contributed by atoms with van der Waals surface area (Å²) in [6.45, 7) is 0.